The van der Waals surface area contributed by atoms with Gasteiger partial charge >= 0.3 is 11.9 Å². The van der Waals surface area contributed by atoms with E-state index < -0.39 is 24.5 Å². The molecule has 0 fully saturated rings. The Balaban J connectivity index is 1.21. The molecule has 8 nitrogen and oxygen atoms in total. The number of ether oxygens (including phenoxy) is 2. The number of nitrogens with one attached hydrogen (secondary N) is 1. The number of aryl methyl sites for hydroxylation is 1. The van der Waals surface area contributed by atoms with E-state index in [1.54, 1.807) is 25.1 Å². The van der Waals surface area contributed by atoms with E-state index in [-0.39, 0.29) is 12.2 Å². The molecule has 0 aliphatic heterocycles. The largest absolute Gasteiger partial charge is 0.462 e. The monoisotopic (exact) mass is 605 g/mol. The highest BCUT2D eigenvalue weighted by Crippen LogP contribution is 2.38. The summed E-state index contributed by atoms with van der Waals surface area (Å²) in [5, 5.41) is 3.24. The van der Waals surface area contributed by atoms with Gasteiger partial charge in [0, 0.05) is 16.0 Å². The fourth-order valence-corrected chi connectivity index (χ4v) is 6.70. The van der Waals surface area contributed by atoms with E-state index in [9.17, 15) is 14.4 Å². The fraction of sp³-hybridized carbons (Fsp3) is 0.229. The van der Waals surface area contributed by atoms with Crippen LogP contribution >= 0.6 is 11.3 Å². The number of esters is 2. The van der Waals surface area contributed by atoms with Crippen molar-refractivity contribution in [2.45, 2.75) is 39.0 Å². The Morgan fingerprint density at radius 3 is 2.11 bits per heavy atom. The normalized spacial score (nSPS) is 12.7. The third-order valence-corrected chi connectivity index (χ3v) is 8.69. The summed E-state index contributed by atoms with van der Waals surface area (Å²) in [4.78, 5) is 49.6. The lowest BCUT2D eigenvalue weighted by Crippen LogP contribution is -2.22. The zero-order chi connectivity index (χ0) is 30.5. The summed E-state index contributed by atoms with van der Waals surface area (Å²) in [6, 6.07) is 24.6. The first kappa shape index (κ1) is 29.2. The molecule has 1 amide bonds. The van der Waals surface area contributed by atoms with Gasteiger partial charge in [0.15, 0.2) is 6.61 Å². The minimum absolute atomic E-state index is 0.241. The summed E-state index contributed by atoms with van der Waals surface area (Å²) in [6.45, 7) is 1.49. The van der Waals surface area contributed by atoms with Crippen molar-refractivity contribution in [3.8, 4) is 22.5 Å². The van der Waals surface area contributed by atoms with E-state index in [0.717, 1.165) is 59.4 Å². The minimum atomic E-state index is -0.662. The van der Waals surface area contributed by atoms with Crippen molar-refractivity contribution < 1.29 is 23.9 Å². The second-order valence-corrected chi connectivity index (χ2v) is 11.6. The van der Waals surface area contributed by atoms with Crippen LogP contribution in [0, 0.1) is 0 Å². The number of hydrogen-bond donors (Lipinski definition) is 1. The molecule has 2 heterocycles. The highest BCUT2D eigenvalue weighted by Gasteiger charge is 2.27. The van der Waals surface area contributed by atoms with E-state index in [0.29, 0.717) is 27.3 Å². The Hall–Kier alpha value is -4.89. The Labute approximate surface area is 259 Å². The zero-order valence-electron chi connectivity index (χ0n) is 24.3. The van der Waals surface area contributed by atoms with Gasteiger partial charge in [-0.2, -0.15) is 0 Å². The molecule has 0 saturated heterocycles. The van der Waals surface area contributed by atoms with Crippen LogP contribution in [0.3, 0.4) is 0 Å². The highest BCUT2D eigenvalue weighted by molar-refractivity contribution is 7.17. The molecular formula is C35H31N3O5S. The molecule has 3 aromatic carbocycles. The van der Waals surface area contributed by atoms with Crippen LogP contribution in [0.25, 0.3) is 33.5 Å². The lowest BCUT2D eigenvalue weighted by Gasteiger charge is -2.11. The van der Waals surface area contributed by atoms with Crippen molar-refractivity contribution >= 4 is 45.2 Å². The third-order valence-electron chi connectivity index (χ3n) is 7.48. The van der Waals surface area contributed by atoms with E-state index in [1.165, 1.54) is 11.3 Å². The number of anilines is 1. The molecule has 1 aliphatic carbocycles. The number of carbonyl (C=O) groups excluding carboxylic acids is 3. The molecule has 5 aromatic rings. The van der Waals surface area contributed by atoms with Gasteiger partial charge in [0.25, 0.3) is 5.91 Å². The van der Waals surface area contributed by atoms with Gasteiger partial charge in [0.2, 0.25) is 0 Å². The Morgan fingerprint density at radius 2 is 1.43 bits per heavy atom. The molecule has 9 heteroatoms. The molecule has 0 bridgehead atoms. The first-order valence-corrected chi connectivity index (χ1v) is 15.5. The molecule has 0 unspecified atom stereocenters. The molecule has 1 N–H and O–H groups in total. The maximum Gasteiger partial charge on any atom is 0.341 e. The van der Waals surface area contributed by atoms with Gasteiger partial charge in [0.1, 0.15) is 5.00 Å². The number of carbonyl (C=O) groups is 3. The SMILES string of the molecule is CCOC(=O)c1c(NC(=O)COC(=O)c2ccc3nc(-c4ccccc4)c(-c4ccccc4)nc3c2)sc2c1CCCCC2. The van der Waals surface area contributed by atoms with Crippen molar-refractivity contribution in [3.05, 3.63) is 100 Å². The van der Waals surface area contributed by atoms with Crippen molar-refractivity contribution in [2.24, 2.45) is 0 Å². The number of aromatic nitrogens is 2. The number of thiophene rings is 1. The molecule has 1 aliphatic rings. The summed E-state index contributed by atoms with van der Waals surface area (Å²) < 4.78 is 10.7. The first-order valence-electron chi connectivity index (χ1n) is 14.7. The van der Waals surface area contributed by atoms with Crippen LogP contribution in [0.4, 0.5) is 5.00 Å². The lowest BCUT2D eigenvalue weighted by molar-refractivity contribution is -0.119. The maximum absolute atomic E-state index is 13.0. The zero-order valence-corrected chi connectivity index (χ0v) is 25.1. The molecule has 0 atom stereocenters. The van der Waals surface area contributed by atoms with Crippen molar-refractivity contribution in [3.63, 3.8) is 0 Å². The number of amides is 1. The summed E-state index contributed by atoms with van der Waals surface area (Å²) in [5.74, 6) is -1.63. The first-order chi connectivity index (χ1) is 21.5. The van der Waals surface area contributed by atoms with Gasteiger partial charge in [-0.15, -0.1) is 11.3 Å². The van der Waals surface area contributed by atoms with Gasteiger partial charge < -0.3 is 14.8 Å². The molecule has 222 valence electrons. The highest BCUT2D eigenvalue weighted by atomic mass is 32.1. The standard InChI is InChI=1S/C35H31N3O5S/c1-2-42-35(41)30-25-16-10-5-11-17-28(25)44-33(30)38-29(39)21-43-34(40)24-18-19-26-27(20-24)37-32(23-14-8-4-9-15-23)31(36-26)22-12-6-3-7-13-22/h3-4,6-9,12-15,18-20H,2,5,10-11,16-17,21H2,1H3,(H,38,39). The molecular weight excluding hydrogens is 574 g/mol. The van der Waals surface area contributed by atoms with Gasteiger partial charge in [-0.25, -0.2) is 19.6 Å². The van der Waals surface area contributed by atoms with Crippen molar-refractivity contribution in [1.82, 2.24) is 9.97 Å². The minimum Gasteiger partial charge on any atom is -0.462 e. The molecule has 44 heavy (non-hydrogen) atoms. The lowest BCUT2D eigenvalue weighted by atomic mass is 10.0. The van der Waals surface area contributed by atoms with Crippen LogP contribution in [0.1, 0.15) is 57.3 Å². The summed E-state index contributed by atoms with van der Waals surface area (Å²) in [5.41, 5.74) is 6.06. The van der Waals surface area contributed by atoms with E-state index in [2.05, 4.69) is 5.32 Å². The second kappa shape index (κ2) is 13.2. The molecule has 0 saturated carbocycles. The van der Waals surface area contributed by atoms with Crippen LogP contribution in [0.2, 0.25) is 0 Å². The van der Waals surface area contributed by atoms with E-state index >= 15 is 0 Å². The third kappa shape index (κ3) is 6.23. The molecule has 6 rings (SSSR count). The smallest absolute Gasteiger partial charge is 0.341 e. The average Bonchev–Trinajstić information content (AvgIpc) is 3.23. The summed E-state index contributed by atoms with van der Waals surface area (Å²) in [7, 11) is 0. The van der Waals surface area contributed by atoms with Gasteiger partial charge in [-0.05, 0) is 56.4 Å². The van der Waals surface area contributed by atoms with Crippen LogP contribution < -0.4 is 5.32 Å². The number of nitrogens with zero attached hydrogens (tertiary/aromatic N) is 2. The predicted molar refractivity (Wildman–Crippen MR) is 171 cm³/mol. The van der Waals surface area contributed by atoms with E-state index in [4.69, 9.17) is 19.4 Å². The number of hydrogen-bond acceptors (Lipinski definition) is 8. The Morgan fingerprint density at radius 1 is 0.773 bits per heavy atom. The topological polar surface area (TPSA) is 107 Å². The predicted octanol–water partition coefficient (Wildman–Crippen LogP) is 7.27. The molecule has 0 spiro atoms. The van der Waals surface area contributed by atoms with Crippen molar-refractivity contribution in [1.29, 1.82) is 0 Å². The Bertz CT molecular complexity index is 1840. The fourth-order valence-electron chi connectivity index (χ4n) is 5.40. The second-order valence-electron chi connectivity index (χ2n) is 10.5. The van der Waals surface area contributed by atoms with E-state index in [1.807, 2.05) is 60.7 Å². The average molecular weight is 606 g/mol. The van der Waals surface area contributed by atoms with Crippen LogP contribution in [-0.4, -0.2) is 41.0 Å². The Kier molecular flexibility index (Phi) is 8.74. The molecule has 2 aromatic heterocycles. The van der Waals surface area contributed by atoms with Crippen LogP contribution in [0.5, 0.6) is 0 Å². The van der Waals surface area contributed by atoms with Gasteiger partial charge in [-0.1, -0.05) is 67.1 Å². The van der Waals surface area contributed by atoms with Gasteiger partial charge in [0.05, 0.1) is 40.2 Å². The number of benzene rings is 3. The van der Waals surface area contributed by atoms with Crippen LogP contribution in [-0.2, 0) is 27.1 Å². The van der Waals surface area contributed by atoms with Crippen molar-refractivity contribution in [2.75, 3.05) is 18.5 Å². The quantitative estimate of drug-likeness (QED) is 0.146. The maximum atomic E-state index is 13.0. The summed E-state index contributed by atoms with van der Waals surface area (Å²) >= 11 is 1.40. The number of rotatable bonds is 8. The van der Waals surface area contributed by atoms with Crippen LogP contribution in [0.15, 0.2) is 78.9 Å². The van der Waals surface area contributed by atoms with Gasteiger partial charge in [-0.3, -0.25) is 4.79 Å². The summed E-state index contributed by atoms with van der Waals surface area (Å²) in [6.07, 6.45) is 4.76. The number of fused-ring (bicyclic) bond motifs is 2. The molecule has 0 radical (unpaired) electrons.